The molecule has 0 spiro atoms. The second-order valence-electron chi connectivity index (χ2n) is 7.09. The molecular weight excluding hydrogens is 415 g/mol. The molecule has 4 rings (SSSR count). The summed E-state index contributed by atoms with van der Waals surface area (Å²) in [5.41, 5.74) is -0.0850. The number of methoxy groups -OCH3 is 1. The van der Waals surface area contributed by atoms with Crippen molar-refractivity contribution in [3.63, 3.8) is 0 Å². The quantitative estimate of drug-likeness (QED) is 0.680. The number of aromatic nitrogens is 2. The molecule has 1 saturated heterocycles. The van der Waals surface area contributed by atoms with Gasteiger partial charge in [0.15, 0.2) is 0 Å². The van der Waals surface area contributed by atoms with E-state index in [2.05, 4.69) is 9.97 Å². The predicted molar refractivity (Wildman–Crippen MR) is 104 cm³/mol. The van der Waals surface area contributed by atoms with Crippen molar-refractivity contribution in [2.24, 2.45) is 0 Å². The first-order valence-corrected chi connectivity index (χ1v) is 9.36. The van der Waals surface area contributed by atoms with Crippen LogP contribution in [0.2, 0.25) is 0 Å². The topological polar surface area (TPSA) is 84.8 Å². The number of pyridine rings is 2. The third-order valence-corrected chi connectivity index (χ3v) is 4.99. The van der Waals surface area contributed by atoms with Crippen LogP contribution in [-0.2, 0) is 10.9 Å². The van der Waals surface area contributed by atoms with Crippen molar-refractivity contribution >= 4 is 16.8 Å². The number of amides is 1. The van der Waals surface area contributed by atoms with Crippen molar-refractivity contribution in [1.29, 1.82) is 0 Å². The number of aliphatic hydroxyl groups is 1. The highest BCUT2D eigenvalue weighted by Crippen LogP contribution is 2.30. The second kappa shape index (κ2) is 8.12. The van der Waals surface area contributed by atoms with Gasteiger partial charge >= 0.3 is 6.18 Å². The van der Waals surface area contributed by atoms with E-state index in [0.29, 0.717) is 22.8 Å². The van der Waals surface area contributed by atoms with E-state index in [0.717, 1.165) is 12.1 Å². The summed E-state index contributed by atoms with van der Waals surface area (Å²) in [6.07, 6.45) is -4.93. The van der Waals surface area contributed by atoms with Crippen LogP contribution in [0, 0.1) is 0 Å². The van der Waals surface area contributed by atoms with Crippen LogP contribution in [0.1, 0.15) is 16.1 Å². The Hall–Kier alpha value is -3.24. The normalized spacial score (nSPS) is 19.1. The number of nitrogens with zero attached hydrogens (tertiary/aromatic N) is 3. The number of fused-ring (bicyclic) bond motifs is 1. The maximum atomic E-state index is 12.7. The van der Waals surface area contributed by atoms with E-state index in [1.165, 1.54) is 12.0 Å². The summed E-state index contributed by atoms with van der Waals surface area (Å²) in [5.74, 6) is 0.0772. The van der Waals surface area contributed by atoms with Gasteiger partial charge in [-0.2, -0.15) is 13.2 Å². The van der Waals surface area contributed by atoms with Crippen LogP contribution in [0.15, 0.2) is 48.7 Å². The number of benzene rings is 1. The molecule has 1 amide bonds. The SMILES string of the molecule is CO[C@H]1CN(C(=O)c2ccc3cc(Oc4ccc(C(F)(F)F)cn4)ccc3n2)CC1O. The summed E-state index contributed by atoms with van der Waals surface area (Å²) >= 11 is 0. The summed E-state index contributed by atoms with van der Waals surface area (Å²) in [6, 6.07) is 10.2. The number of hydrogen-bond donors (Lipinski definition) is 1. The molecular formula is C21H18F3N3O4. The summed E-state index contributed by atoms with van der Waals surface area (Å²) in [4.78, 5) is 22.2. The zero-order valence-corrected chi connectivity index (χ0v) is 16.3. The lowest BCUT2D eigenvalue weighted by atomic mass is 10.2. The highest BCUT2D eigenvalue weighted by Gasteiger charge is 2.35. The lowest BCUT2D eigenvalue weighted by Crippen LogP contribution is -2.30. The van der Waals surface area contributed by atoms with E-state index in [1.54, 1.807) is 30.3 Å². The number of β-amino-alcohol motifs (C(OH)–C–C–N with tert-alkyl or cyclic N) is 1. The van der Waals surface area contributed by atoms with Gasteiger partial charge < -0.3 is 19.5 Å². The minimum atomic E-state index is -4.47. The number of carbonyl (C=O) groups excluding carboxylic acids is 1. The minimum absolute atomic E-state index is 0.0207. The van der Waals surface area contributed by atoms with Gasteiger partial charge in [-0.1, -0.05) is 6.07 Å². The van der Waals surface area contributed by atoms with Crippen molar-refractivity contribution < 1.29 is 32.5 Å². The molecule has 2 aromatic heterocycles. The largest absolute Gasteiger partial charge is 0.439 e. The molecule has 1 aliphatic heterocycles. The average molecular weight is 433 g/mol. The highest BCUT2D eigenvalue weighted by atomic mass is 19.4. The van der Waals surface area contributed by atoms with E-state index in [1.807, 2.05) is 0 Å². The fourth-order valence-electron chi connectivity index (χ4n) is 3.33. The number of hydrogen-bond acceptors (Lipinski definition) is 6. The summed E-state index contributed by atoms with van der Waals surface area (Å²) < 4.78 is 48.6. The molecule has 31 heavy (non-hydrogen) atoms. The van der Waals surface area contributed by atoms with Crippen LogP contribution in [0.3, 0.4) is 0 Å². The predicted octanol–water partition coefficient (Wildman–Crippen LogP) is 3.27. The van der Waals surface area contributed by atoms with Gasteiger partial charge in [-0.15, -0.1) is 0 Å². The van der Waals surface area contributed by atoms with Crippen LogP contribution < -0.4 is 4.74 Å². The maximum Gasteiger partial charge on any atom is 0.417 e. The summed E-state index contributed by atoms with van der Waals surface area (Å²) in [7, 11) is 1.48. The molecule has 162 valence electrons. The van der Waals surface area contributed by atoms with E-state index >= 15 is 0 Å². The number of halogens is 3. The average Bonchev–Trinajstić information content (AvgIpc) is 3.13. The van der Waals surface area contributed by atoms with Gasteiger partial charge in [0.1, 0.15) is 17.5 Å². The van der Waals surface area contributed by atoms with Gasteiger partial charge in [-0.3, -0.25) is 4.79 Å². The first kappa shape index (κ1) is 21.0. The minimum Gasteiger partial charge on any atom is -0.439 e. The van der Waals surface area contributed by atoms with E-state index in [-0.39, 0.29) is 30.6 Å². The molecule has 3 aromatic rings. The van der Waals surface area contributed by atoms with Crippen molar-refractivity contribution in [1.82, 2.24) is 14.9 Å². The van der Waals surface area contributed by atoms with Gasteiger partial charge in [-0.25, -0.2) is 9.97 Å². The molecule has 1 N–H and O–H groups in total. The molecule has 1 aromatic carbocycles. The standard InChI is InChI=1S/C21H18F3N3O4/c1-30-18-11-27(10-17(18)28)20(29)16-5-2-12-8-14(4-6-15(12)26-16)31-19-7-3-13(9-25-19)21(22,23)24/h2-9,17-18,28H,10-11H2,1H3/t17?,18-/m0/s1. The molecule has 0 saturated carbocycles. The van der Waals surface area contributed by atoms with Gasteiger partial charge in [0, 0.05) is 37.8 Å². The molecule has 10 heteroatoms. The lowest BCUT2D eigenvalue weighted by Gasteiger charge is -2.15. The fraction of sp³-hybridized carbons (Fsp3) is 0.286. The van der Waals surface area contributed by atoms with E-state index < -0.39 is 23.9 Å². The first-order chi connectivity index (χ1) is 14.7. The third kappa shape index (κ3) is 4.44. The Balaban J connectivity index is 1.50. The van der Waals surface area contributed by atoms with Crippen LogP contribution in [0.5, 0.6) is 11.6 Å². The molecule has 0 radical (unpaired) electrons. The van der Waals surface area contributed by atoms with Crippen LogP contribution in [-0.4, -0.2) is 58.3 Å². The number of ether oxygens (including phenoxy) is 2. The zero-order valence-electron chi connectivity index (χ0n) is 16.3. The number of alkyl halides is 3. The summed E-state index contributed by atoms with van der Waals surface area (Å²) in [5, 5.41) is 10.6. The number of carbonyl (C=O) groups is 1. The Morgan fingerprint density at radius 1 is 1.16 bits per heavy atom. The zero-order chi connectivity index (χ0) is 22.2. The smallest absolute Gasteiger partial charge is 0.417 e. The Bertz CT molecular complexity index is 1110. The lowest BCUT2D eigenvalue weighted by molar-refractivity contribution is -0.137. The van der Waals surface area contributed by atoms with Gasteiger partial charge in [0.25, 0.3) is 5.91 Å². The number of rotatable bonds is 4. The van der Waals surface area contributed by atoms with Gasteiger partial charge in [0.2, 0.25) is 5.88 Å². The molecule has 7 nitrogen and oxygen atoms in total. The molecule has 3 heterocycles. The molecule has 0 bridgehead atoms. The molecule has 1 aliphatic rings. The van der Waals surface area contributed by atoms with Crippen LogP contribution in [0.4, 0.5) is 13.2 Å². The van der Waals surface area contributed by atoms with Crippen LogP contribution in [0.25, 0.3) is 10.9 Å². The highest BCUT2D eigenvalue weighted by molar-refractivity contribution is 5.95. The molecule has 1 fully saturated rings. The fourth-order valence-corrected chi connectivity index (χ4v) is 3.33. The molecule has 0 aliphatic carbocycles. The van der Waals surface area contributed by atoms with Gasteiger partial charge in [-0.05, 0) is 30.3 Å². The van der Waals surface area contributed by atoms with Crippen LogP contribution >= 0.6 is 0 Å². The monoisotopic (exact) mass is 433 g/mol. The van der Waals surface area contributed by atoms with E-state index in [4.69, 9.17) is 9.47 Å². The number of aliphatic hydroxyl groups excluding tert-OH is 1. The molecule has 2 atom stereocenters. The Morgan fingerprint density at radius 2 is 1.97 bits per heavy atom. The second-order valence-corrected chi connectivity index (χ2v) is 7.09. The summed E-state index contributed by atoms with van der Waals surface area (Å²) in [6.45, 7) is 0.451. The first-order valence-electron chi connectivity index (χ1n) is 9.36. The molecule has 1 unspecified atom stereocenters. The Morgan fingerprint density at radius 3 is 2.61 bits per heavy atom. The van der Waals surface area contributed by atoms with Crippen molar-refractivity contribution in [3.05, 3.63) is 59.9 Å². The Kier molecular flexibility index (Phi) is 5.50. The maximum absolute atomic E-state index is 12.7. The van der Waals surface area contributed by atoms with E-state index in [9.17, 15) is 23.1 Å². The third-order valence-electron chi connectivity index (χ3n) is 4.99. The number of likely N-dealkylation sites (tertiary alicyclic amines) is 1. The Labute approximate surface area is 175 Å². The van der Waals surface area contributed by atoms with Crippen molar-refractivity contribution in [2.45, 2.75) is 18.4 Å². The van der Waals surface area contributed by atoms with Crippen molar-refractivity contribution in [3.8, 4) is 11.6 Å². The van der Waals surface area contributed by atoms with Gasteiger partial charge in [0.05, 0.1) is 17.2 Å². The van der Waals surface area contributed by atoms with Crippen molar-refractivity contribution in [2.75, 3.05) is 20.2 Å².